The molecular weight excluding hydrogens is 496 g/mol. The largest absolute Gasteiger partial charge is 0.469 e. The lowest BCUT2D eigenvalue weighted by molar-refractivity contribution is -0.208. The van der Waals surface area contributed by atoms with Gasteiger partial charge < -0.3 is 28.8 Å². The van der Waals surface area contributed by atoms with Gasteiger partial charge in [0.2, 0.25) is 0 Å². The first-order valence-corrected chi connectivity index (χ1v) is 15.9. The predicted octanol–water partition coefficient (Wildman–Crippen LogP) is 6.85. The van der Waals surface area contributed by atoms with E-state index in [0.29, 0.717) is 12.8 Å². The van der Waals surface area contributed by atoms with Crippen LogP contribution in [0.15, 0.2) is 12.2 Å². The fraction of sp³-hybridized carbons (Fsp3) is 0.906. The van der Waals surface area contributed by atoms with Crippen molar-refractivity contribution in [1.29, 1.82) is 0 Å². The number of aliphatic hydroxyl groups excluding tert-OH is 1. The van der Waals surface area contributed by atoms with E-state index in [0.717, 1.165) is 96.7 Å². The molecule has 1 aliphatic carbocycles. The van der Waals surface area contributed by atoms with Crippen LogP contribution in [0.5, 0.6) is 0 Å². The second kappa shape index (κ2) is 17.7. The average Bonchev–Trinajstić information content (AvgIpc) is 3.23. The summed E-state index contributed by atoms with van der Waals surface area (Å²) in [7, 11) is 1.44. The number of hydrogen-bond donors (Lipinski definition) is 1. The second-order valence-electron chi connectivity index (χ2n) is 12.1. The molecule has 1 saturated carbocycles. The van der Waals surface area contributed by atoms with Crippen molar-refractivity contribution >= 4 is 5.97 Å². The molecule has 0 aromatic rings. The summed E-state index contributed by atoms with van der Waals surface area (Å²) in [6.07, 6.45) is 20.5. The maximum Gasteiger partial charge on any atom is 0.305 e. The summed E-state index contributed by atoms with van der Waals surface area (Å²) in [6, 6.07) is 0. The normalized spacial score (nSPS) is 31.4. The summed E-state index contributed by atoms with van der Waals surface area (Å²) >= 11 is 0. The van der Waals surface area contributed by atoms with E-state index in [4.69, 9.17) is 23.7 Å². The third-order valence-corrected chi connectivity index (χ3v) is 8.74. The molecule has 226 valence electrons. The number of carbonyl (C=O) groups is 1. The van der Waals surface area contributed by atoms with E-state index in [2.05, 4.69) is 26.0 Å². The van der Waals surface area contributed by atoms with Crippen molar-refractivity contribution in [2.75, 3.05) is 20.3 Å². The van der Waals surface area contributed by atoms with Gasteiger partial charge in [0, 0.05) is 32.0 Å². The van der Waals surface area contributed by atoms with Crippen LogP contribution < -0.4 is 0 Å². The number of aliphatic hydroxyl groups is 1. The minimum atomic E-state index is -0.408. The van der Waals surface area contributed by atoms with Crippen LogP contribution in [0.1, 0.15) is 123 Å². The van der Waals surface area contributed by atoms with E-state index < -0.39 is 11.7 Å². The Morgan fingerprint density at radius 3 is 2.36 bits per heavy atom. The van der Waals surface area contributed by atoms with Crippen molar-refractivity contribution in [3.8, 4) is 0 Å². The summed E-state index contributed by atoms with van der Waals surface area (Å²) in [5.74, 6) is 0.113. The van der Waals surface area contributed by atoms with E-state index >= 15 is 0 Å². The zero-order valence-electron chi connectivity index (χ0n) is 25.0. The van der Waals surface area contributed by atoms with Gasteiger partial charge in [-0.1, -0.05) is 57.6 Å². The Bertz CT molecular complexity index is 701. The maximum atomic E-state index is 11.4. The molecule has 2 heterocycles. The zero-order valence-corrected chi connectivity index (χ0v) is 25.0. The van der Waals surface area contributed by atoms with Gasteiger partial charge in [-0.15, -0.1) is 0 Å². The first kappa shape index (κ1) is 32.5. The number of rotatable bonds is 17. The maximum absolute atomic E-state index is 11.4. The van der Waals surface area contributed by atoms with Crippen molar-refractivity contribution in [1.82, 2.24) is 0 Å². The molecule has 0 aromatic carbocycles. The topological polar surface area (TPSA) is 83.5 Å². The lowest BCUT2D eigenvalue weighted by Gasteiger charge is -2.34. The third-order valence-electron chi connectivity index (χ3n) is 8.74. The Morgan fingerprint density at radius 2 is 1.69 bits per heavy atom. The Kier molecular flexibility index (Phi) is 14.8. The Labute approximate surface area is 237 Å². The van der Waals surface area contributed by atoms with E-state index in [1.807, 2.05) is 0 Å². The number of unbranched alkanes of at least 4 members (excludes halogenated alkanes) is 5. The third kappa shape index (κ3) is 11.4. The molecule has 0 amide bonds. The van der Waals surface area contributed by atoms with Gasteiger partial charge >= 0.3 is 5.97 Å². The summed E-state index contributed by atoms with van der Waals surface area (Å²) < 4.78 is 29.7. The van der Waals surface area contributed by atoms with Gasteiger partial charge in [0.05, 0.1) is 24.9 Å². The van der Waals surface area contributed by atoms with Gasteiger partial charge in [-0.25, -0.2) is 0 Å². The molecule has 2 saturated heterocycles. The van der Waals surface area contributed by atoms with Crippen LogP contribution in [0.25, 0.3) is 0 Å². The molecule has 3 unspecified atom stereocenters. The number of methoxy groups -OCH3 is 1. The number of esters is 1. The molecule has 2 aliphatic heterocycles. The van der Waals surface area contributed by atoms with Gasteiger partial charge in [0.25, 0.3) is 0 Å². The molecule has 3 aliphatic rings. The van der Waals surface area contributed by atoms with Crippen molar-refractivity contribution < 1.29 is 33.6 Å². The summed E-state index contributed by atoms with van der Waals surface area (Å²) in [5.41, 5.74) is -0.408. The molecule has 0 radical (unpaired) electrons. The van der Waals surface area contributed by atoms with E-state index in [-0.39, 0.29) is 36.5 Å². The van der Waals surface area contributed by atoms with Gasteiger partial charge in [-0.3, -0.25) is 4.79 Å². The van der Waals surface area contributed by atoms with Crippen LogP contribution >= 0.6 is 0 Å². The SMILES string of the molecule is CCCCCC(C)(C=C[C@@H]1[C@@H](CCCCCCC(=O)OC)[C@@H](O)C[C@H]1OC1CCCCO1)OC1CCCCO1. The number of ether oxygens (including phenoxy) is 5. The van der Waals surface area contributed by atoms with E-state index in [1.165, 1.54) is 20.0 Å². The molecule has 1 N–H and O–H groups in total. The van der Waals surface area contributed by atoms with Crippen LogP contribution in [-0.2, 0) is 28.5 Å². The summed E-state index contributed by atoms with van der Waals surface area (Å²) in [6.45, 7) is 5.94. The Morgan fingerprint density at radius 1 is 0.974 bits per heavy atom. The molecular formula is C32H56O7. The summed E-state index contributed by atoms with van der Waals surface area (Å²) in [5, 5.41) is 11.2. The van der Waals surface area contributed by atoms with Crippen molar-refractivity contribution in [3.63, 3.8) is 0 Å². The highest BCUT2D eigenvalue weighted by atomic mass is 16.7. The fourth-order valence-electron chi connectivity index (χ4n) is 6.34. The molecule has 7 nitrogen and oxygen atoms in total. The Hall–Kier alpha value is -0.990. The van der Waals surface area contributed by atoms with Crippen LogP contribution in [0, 0.1) is 11.8 Å². The molecule has 39 heavy (non-hydrogen) atoms. The number of carbonyl (C=O) groups excluding carboxylic acids is 1. The molecule has 0 bridgehead atoms. The monoisotopic (exact) mass is 552 g/mol. The van der Waals surface area contributed by atoms with Gasteiger partial charge in [0.15, 0.2) is 12.6 Å². The average molecular weight is 553 g/mol. The number of hydrogen-bond acceptors (Lipinski definition) is 7. The molecule has 7 heteroatoms. The highest BCUT2D eigenvalue weighted by Crippen LogP contribution is 2.41. The molecule has 0 spiro atoms. The lowest BCUT2D eigenvalue weighted by Crippen LogP contribution is -2.36. The van der Waals surface area contributed by atoms with Crippen LogP contribution in [0.2, 0.25) is 0 Å². The quantitative estimate of drug-likeness (QED) is 0.120. The van der Waals surface area contributed by atoms with Crippen molar-refractivity contribution in [3.05, 3.63) is 12.2 Å². The minimum absolute atomic E-state index is 0.0607. The molecule has 0 aromatic heterocycles. The van der Waals surface area contributed by atoms with Crippen molar-refractivity contribution in [2.45, 2.75) is 153 Å². The fourth-order valence-corrected chi connectivity index (χ4v) is 6.34. The van der Waals surface area contributed by atoms with Gasteiger partial charge in [0.1, 0.15) is 0 Å². The first-order valence-electron chi connectivity index (χ1n) is 15.9. The minimum Gasteiger partial charge on any atom is -0.469 e. The lowest BCUT2D eigenvalue weighted by atomic mass is 9.86. The van der Waals surface area contributed by atoms with E-state index in [1.54, 1.807) is 0 Å². The van der Waals surface area contributed by atoms with Crippen LogP contribution in [0.3, 0.4) is 0 Å². The zero-order chi connectivity index (χ0) is 27.9. The predicted molar refractivity (Wildman–Crippen MR) is 152 cm³/mol. The highest BCUT2D eigenvalue weighted by molar-refractivity contribution is 5.68. The van der Waals surface area contributed by atoms with Gasteiger partial charge in [-0.05, 0) is 70.6 Å². The van der Waals surface area contributed by atoms with E-state index in [9.17, 15) is 9.90 Å². The van der Waals surface area contributed by atoms with Crippen LogP contribution in [0.4, 0.5) is 0 Å². The first-order chi connectivity index (χ1) is 18.9. The second-order valence-corrected chi connectivity index (χ2v) is 12.1. The molecule has 3 rings (SSSR count). The standard InChI is InChI=1S/C32H56O7/c1-4-5-12-20-32(2,39-31-18-11-14-23-37-31)21-19-26-25(15-8-6-7-9-16-29(34)35-3)27(33)24-28(26)38-30-17-10-13-22-36-30/h19,21,25-28,30-31,33H,4-18,20,22-24H2,1-3H3/t25-,26-,27+,28-,30?,31?,32?/m1/s1. The molecule has 7 atom stereocenters. The Balaban J connectivity index is 1.67. The highest BCUT2D eigenvalue weighted by Gasteiger charge is 2.43. The summed E-state index contributed by atoms with van der Waals surface area (Å²) in [4.78, 5) is 11.4. The van der Waals surface area contributed by atoms with Gasteiger partial charge in [-0.2, -0.15) is 0 Å². The van der Waals surface area contributed by atoms with Crippen LogP contribution in [-0.4, -0.2) is 61.8 Å². The smallest absolute Gasteiger partial charge is 0.305 e. The van der Waals surface area contributed by atoms with Crippen molar-refractivity contribution in [2.24, 2.45) is 11.8 Å². The molecule has 3 fully saturated rings.